The Labute approximate surface area is 107 Å². The molecule has 4 nitrogen and oxygen atoms in total. The topological polar surface area (TPSA) is 80.4 Å². The van der Waals surface area contributed by atoms with E-state index in [0.29, 0.717) is 5.56 Å². The molecular formula is C11H16ClNO3S. The van der Waals surface area contributed by atoms with Crippen LogP contribution >= 0.6 is 12.4 Å². The molecule has 6 heteroatoms. The van der Waals surface area contributed by atoms with E-state index in [1.807, 2.05) is 0 Å². The van der Waals surface area contributed by atoms with E-state index < -0.39 is 9.84 Å². The summed E-state index contributed by atoms with van der Waals surface area (Å²) in [5.74, 6) is -0.161. The first kappa shape index (κ1) is 14.3. The molecule has 0 fully saturated rings. The summed E-state index contributed by atoms with van der Waals surface area (Å²) in [7, 11) is -3.39. The zero-order valence-corrected chi connectivity index (χ0v) is 11.2. The highest BCUT2D eigenvalue weighted by molar-refractivity contribution is 7.90. The molecule has 3 N–H and O–H groups in total. The molecular weight excluding hydrogens is 262 g/mol. The average molecular weight is 278 g/mol. The number of aromatic hydroxyl groups is 1. The van der Waals surface area contributed by atoms with Gasteiger partial charge in [-0.25, -0.2) is 8.42 Å². The fourth-order valence-corrected chi connectivity index (χ4v) is 3.12. The maximum absolute atomic E-state index is 11.5. The van der Waals surface area contributed by atoms with E-state index in [4.69, 9.17) is 5.73 Å². The molecule has 0 heterocycles. The Balaban J connectivity index is 0.00000144. The summed E-state index contributed by atoms with van der Waals surface area (Å²) in [5, 5.41) is 9.93. The molecule has 0 aliphatic heterocycles. The monoisotopic (exact) mass is 277 g/mol. The number of aryl methyl sites for hydroxylation is 1. The minimum absolute atomic E-state index is 0. The summed E-state index contributed by atoms with van der Waals surface area (Å²) < 4.78 is 23.0. The van der Waals surface area contributed by atoms with Gasteiger partial charge in [0, 0.05) is 18.4 Å². The molecule has 0 aromatic heterocycles. The zero-order chi connectivity index (χ0) is 11.9. The van der Waals surface area contributed by atoms with Crippen LogP contribution in [0.25, 0.3) is 0 Å². The van der Waals surface area contributed by atoms with Gasteiger partial charge in [-0.3, -0.25) is 0 Å². The van der Waals surface area contributed by atoms with Gasteiger partial charge in [-0.2, -0.15) is 0 Å². The Bertz CT molecular complexity index is 540. The number of nitrogens with two attached hydrogens (primary N) is 1. The van der Waals surface area contributed by atoms with Gasteiger partial charge in [0.05, 0.1) is 0 Å². The van der Waals surface area contributed by atoms with Crippen molar-refractivity contribution in [2.75, 3.05) is 6.26 Å². The number of benzene rings is 1. The molecule has 0 unspecified atom stereocenters. The molecule has 0 radical (unpaired) electrons. The lowest BCUT2D eigenvalue weighted by Gasteiger charge is -2.12. The number of hydrogen-bond acceptors (Lipinski definition) is 4. The third-order valence-electron chi connectivity index (χ3n) is 3.05. The molecule has 0 amide bonds. The lowest BCUT2D eigenvalue weighted by molar-refractivity contribution is 0.451. The van der Waals surface area contributed by atoms with Gasteiger partial charge in [-0.15, -0.1) is 12.4 Å². The van der Waals surface area contributed by atoms with E-state index in [1.165, 1.54) is 0 Å². The van der Waals surface area contributed by atoms with Crippen molar-refractivity contribution in [2.24, 2.45) is 5.73 Å². The van der Waals surface area contributed by atoms with Crippen molar-refractivity contribution in [3.8, 4) is 5.75 Å². The first-order valence-electron chi connectivity index (χ1n) is 5.22. The second-order valence-corrected chi connectivity index (χ2v) is 6.15. The summed E-state index contributed by atoms with van der Waals surface area (Å²) in [4.78, 5) is 0.00796. The van der Waals surface area contributed by atoms with Gasteiger partial charge >= 0.3 is 0 Å². The van der Waals surface area contributed by atoms with Crippen LogP contribution in [0.2, 0.25) is 0 Å². The Morgan fingerprint density at radius 2 is 2.06 bits per heavy atom. The van der Waals surface area contributed by atoms with Crippen molar-refractivity contribution in [1.82, 2.24) is 0 Å². The van der Waals surface area contributed by atoms with Crippen molar-refractivity contribution >= 4 is 22.2 Å². The second kappa shape index (κ2) is 4.84. The van der Waals surface area contributed by atoms with Gasteiger partial charge in [-0.05, 0) is 36.5 Å². The number of fused-ring (bicyclic) bond motifs is 1. The Morgan fingerprint density at radius 3 is 2.59 bits per heavy atom. The van der Waals surface area contributed by atoms with E-state index in [9.17, 15) is 13.5 Å². The van der Waals surface area contributed by atoms with Crippen LogP contribution in [0.3, 0.4) is 0 Å². The van der Waals surface area contributed by atoms with Crippen LogP contribution in [0.4, 0.5) is 0 Å². The van der Waals surface area contributed by atoms with Crippen LogP contribution in [0.1, 0.15) is 23.1 Å². The van der Waals surface area contributed by atoms with Crippen molar-refractivity contribution in [1.29, 1.82) is 0 Å². The largest absolute Gasteiger partial charge is 0.506 e. The summed E-state index contributed by atoms with van der Waals surface area (Å²) in [6.07, 6.45) is 3.84. The first-order valence-corrected chi connectivity index (χ1v) is 7.11. The van der Waals surface area contributed by atoms with Crippen molar-refractivity contribution in [3.05, 3.63) is 22.8 Å². The van der Waals surface area contributed by atoms with E-state index in [0.717, 1.165) is 36.6 Å². The van der Waals surface area contributed by atoms with E-state index in [2.05, 4.69) is 0 Å². The summed E-state index contributed by atoms with van der Waals surface area (Å²) in [5.41, 5.74) is 8.22. The van der Waals surface area contributed by atoms with Gasteiger partial charge < -0.3 is 10.8 Å². The van der Waals surface area contributed by atoms with Gasteiger partial charge in [0.15, 0.2) is 9.84 Å². The molecule has 1 aromatic carbocycles. The van der Waals surface area contributed by atoms with Crippen molar-refractivity contribution < 1.29 is 13.5 Å². The van der Waals surface area contributed by atoms with Gasteiger partial charge in [0.25, 0.3) is 0 Å². The predicted molar refractivity (Wildman–Crippen MR) is 68.4 cm³/mol. The maximum Gasteiger partial charge on any atom is 0.179 e. The number of phenols is 1. The minimum atomic E-state index is -3.39. The summed E-state index contributed by atoms with van der Waals surface area (Å²) in [6.45, 7) is 0.178. The fraction of sp³-hybridized carbons (Fsp3) is 0.455. The molecule has 0 spiro atoms. The highest BCUT2D eigenvalue weighted by Gasteiger charge is 2.24. The summed E-state index contributed by atoms with van der Waals surface area (Å²) >= 11 is 0. The lowest BCUT2D eigenvalue weighted by atomic mass is 10.0. The number of rotatable bonds is 2. The van der Waals surface area contributed by atoms with Crippen molar-refractivity contribution in [2.45, 2.75) is 30.7 Å². The normalized spacial score (nSPS) is 14.2. The minimum Gasteiger partial charge on any atom is -0.506 e. The number of hydrogen-bond donors (Lipinski definition) is 2. The summed E-state index contributed by atoms with van der Waals surface area (Å²) in [6, 6.07) is 1.59. The van der Waals surface area contributed by atoms with E-state index in [-0.39, 0.29) is 29.6 Å². The van der Waals surface area contributed by atoms with Gasteiger partial charge in [0.2, 0.25) is 0 Å². The lowest BCUT2D eigenvalue weighted by Crippen LogP contribution is -2.07. The average Bonchev–Trinajstić information content (AvgIpc) is 2.62. The quantitative estimate of drug-likeness (QED) is 0.850. The molecule has 17 heavy (non-hydrogen) atoms. The maximum atomic E-state index is 11.5. The highest BCUT2D eigenvalue weighted by atomic mass is 35.5. The molecule has 0 saturated heterocycles. The number of halogens is 1. The highest BCUT2D eigenvalue weighted by Crippen LogP contribution is 2.36. The molecule has 96 valence electrons. The Kier molecular flexibility index (Phi) is 4.06. The zero-order valence-electron chi connectivity index (χ0n) is 9.56. The van der Waals surface area contributed by atoms with Crippen LogP contribution in [-0.4, -0.2) is 19.8 Å². The number of sulfone groups is 1. The standard InChI is InChI=1S/C11H15NO3S.ClH/c1-16(14,15)10-5-7-3-2-4-8(7)9(6-12)11(10)13;/h5,13H,2-4,6,12H2,1H3;1H. The fourth-order valence-electron chi connectivity index (χ4n) is 2.29. The first-order chi connectivity index (χ1) is 7.45. The van der Waals surface area contributed by atoms with Crippen LogP contribution in [-0.2, 0) is 29.2 Å². The molecule has 1 aromatic rings. The molecule has 0 atom stereocenters. The van der Waals surface area contributed by atoms with Crippen LogP contribution in [0.5, 0.6) is 5.75 Å². The van der Waals surface area contributed by atoms with E-state index in [1.54, 1.807) is 6.07 Å². The smallest absolute Gasteiger partial charge is 0.179 e. The third kappa shape index (κ3) is 2.41. The second-order valence-electron chi connectivity index (χ2n) is 4.17. The molecule has 0 saturated carbocycles. The van der Waals surface area contributed by atoms with Crippen LogP contribution in [0, 0.1) is 0 Å². The molecule has 2 rings (SSSR count). The molecule has 0 bridgehead atoms. The van der Waals surface area contributed by atoms with Crippen LogP contribution < -0.4 is 5.73 Å². The molecule has 1 aliphatic rings. The van der Waals surface area contributed by atoms with Crippen LogP contribution in [0.15, 0.2) is 11.0 Å². The molecule has 1 aliphatic carbocycles. The van der Waals surface area contributed by atoms with Gasteiger partial charge in [-0.1, -0.05) is 0 Å². The number of phenolic OH excluding ortho intramolecular Hbond substituents is 1. The van der Waals surface area contributed by atoms with Gasteiger partial charge in [0.1, 0.15) is 10.6 Å². The van der Waals surface area contributed by atoms with E-state index >= 15 is 0 Å². The SMILES string of the molecule is CS(=O)(=O)c1cc2c(c(CN)c1O)CCC2.Cl. The Hall–Kier alpha value is -0.780. The predicted octanol–water partition coefficient (Wildman–Crippen LogP) is 1.16. The Morgan fingerprint density at radius 1 is 1.41 bits per heavy atom. The van der Waals surface area contributed by atoms with Crippen molar-refractivity contribution in [3.63, 3.8) is 0 Å². The third-order valence-corrected chi connectivity index (χ3v) is 4.16.